The quantitative estimate of drug-likeness (QED) is 0.0639. The lowest BCUT2D eigenvalue weighted by Gasteiger charge is -2.26. The zero-order chi connectivity index (χ0) is 37.4. The third-order valence-electron chi connectivity index (χ3n) is 9.91. The third kappa shape index (κ3) is 12.3. The molecule has 11 heteroatoms. The van der Waals surface area contributed by atoms with Crippen molar-refractivity contribution in [3.8, 4) is 0 Å². The average Bonchev–Trinajstić information content (AvgIpc) is 3.20. The molecule has 2 aliphatic rings. The predicted molar refractivity (Wildman–Crippen MR) is 221 cm³/mol. The Morgan fingerprint density at radius 3 is 1.24 bits per heavy atom. The van der Waals surface area contributed by atoms with E-state index in [4.69, 9.17) is 0 Å². The summed E-state index contributed by atoms with van der Waals surface area (Å²) in [6.07, 6.45) is 10.1. The zero-order valence-electron chi connectivity index (χ0n) is 31.2. The van der Waals surface area contributed by atoms with Gasteiger partial charge in [0.2, 0.25) is 0 Å². The second kappa shape index (κ2) is 20.2. The minimum atomic E-state index is -0.497. The summed E-state index contributed by atoms with van der Waals surface area (Å²) in [4.78, 5) is 44.1. The number of amides is 4. The first kappa shape index (κ1) is 38.3. The van der Waals surface area contributed by atoms with Crippen LogP contribution in [-0.2, 0) is 0 Å². The van der Waals surface area contributed by atoms with E-state index in [9.17, 15) is 14.4 Å². The average molecular weight is 731 g/mol. The van der Waals surface area contributed by atoms with Gasteiger partial charge in [0.05, 0.1) is 0 Å². The molecule has 2 saturated heterocycles. The summed E-state index contributed by atoms with van der Waals surface area (Å²) >= 11 is 0. The van der Waals surface area contributed by atoms with Crippen molar-refractivity contribution in [3.05, 3.63) is 108 Å². The monoisotopic (exact) mass is 730 g/mol. The van der Waals surface area contributed by atoms with Crippen molar-refractivity contribution >= 4 is 52.0 Å². The molecular weight excluding hydrogens is 677 g/mol. The number of likely N-dealkylation sites (tertiary alicyclic amines) is 2. The van der Waals surface area contributed by atoms with E-state index in [0.717, 1.165) is 50.4 Å². The number of piperidine rings is 2. The first-order chi connectivity index (χ1) is 26.5. The van der Waals surface area contributed by atoms with E-state index < -0.39 is 6.03 Å². The molecule has 0 unspecified atom stereocenters. The topological polar surface area (TPSA) is 130 Å². The van der Waals surface area contributed by atoms with Crippen LogP contribution in [0.5, 0.6) is 0 Å². The number of rotatable bonds is 16. The van der Waals surface area contributed by atoms with Crippen LogP contribution in [-0.4, -0.2) is 80.0 Å². The molecule has 0 saturated carbocycles. The van der Waals surface area contributed by atoms with Gasteiger partial charge in [0.15, 0.2) is 0 Å². The van der Waals surface area contributed by atoms with Crippen molar-refractivity contribution in [1.29, 1.82) is 0 Å². The summed E-state index contributed by atoms with van der Waals surface area (Å²) in [5.41, 5.74) is 5.12. The lowest BCUT2D eigenvalue weighted by atomic mass is 10.1. The Hall–Kier alpha value is -5.39. The standard InChI is InChI=1S/C43H54N8O3/c52-41(46-37-19-15-35(16-20-37)44-23-9-29-50-25-3-1-4-26-50)33-11-7-13-39(31-33)48-43(54)49-40-14-8-12-34(32-40)42(53)47-38-21-17-36(18-22-38)45-24-10-30-51-27-5-2-6-28-51/h7-8,11-22,31-32,44-45H,1-6,9-10,23-30H2,(H,46,52)(H,47,53)(H2,48,49,54). The number of hydrogen-bond acceptors (Lipinski definition) is 7. The zero-order valence-corrected chi connectivity index (χ0v) is 31.2. The first-order valence-electron chi connectivity index (χ1n) is 19.5. The highest BCUT2D eigenvalue weighted by Gasteiger charge is 2.13. The lowest BCUT2D eigenvalue weighted by molar-refractivity contribution is 0.101. The highest BCUT2D eigenvalue weighted by atomic mass is 16.2. The largest absolute Gasteiger partial charge is 0.385 e. The van der Waals surface area contributed by atoms with Crippen molar-refractivity contribution in [1.82, 2.24) is 9.80 Å². The van der Waals surface area contributed by atoms with Crippen LogP contribution in [0.25, 0.3) is 0 Å². The van der Waals surface area contributed by atoms with Crippen LogP contribution in [0.1, 0.15) is 72.1 Å². The van der Waals surface area contributed by atoms with Gasteiger partial charge in [-0.05, 0) is 163 Å². The van der Waals surface area contributed by atoms with Crippen molar-refractivity contribution in [3.63, 3.8) is 0 Å². The molecule has 284 valence electrons. The van der Waals surface area contributed by atoms with E-state index in [1.165, 1.54) is 64.7 Å². The molecule has 0 aromatic heterocycles. The number of urea groups is 1. The Kier molecular flexibility index (Phi) is 14.3. The summed E-state index contributed by atoms with van der Waals surface area (Å²) in [7, 11) is 0. The number of nitrogens with one attached hydrogen (secondary N) is 6. The van der Waals surface area contributed by atoms with Crippen LogP contribution in [0.2, 0.25) is 0 Å². The van der Waals surface area contributed by atoms with Gasteiger partial charge in [0.1, 0.15) is 0 Å². The molecule has 2 heterocycles. The molecule has 0 bridgehead atoms. The first-order valence-corrected chi connectivity index (χ1v) is 19.5. The van der Waals surface area contributed by atoms with Crippen LogP contribution in [0.4, 0.5) is 38.9 Å². The van der Waals surface area contributed by atoms with Gasteiger partial charge in [-0.25, -0.2) is 4.79 Å². The molecule has 11 nitrogen and oxygen atoms in total. The van der Waals surface area contributed by atoms with Gasteiger partial charge >= 0.3 is 6.03 Å². The van der Waals surface area contributed by atoms with Crippen molar-refractivity contribution < 1.29 is 14.4 Å². The Labute approximate surface area is 319 Å². The number of benzene rings is 4. The van der Waals surface area contributed by atoms with Crippen LogP contribution < -0.4 is 31.9 Å². The SMILES string of the molecule is O=C(Nc1cccc(C(=O)Nc2ccc(NCCCN3CCCCC3)cc2)c1)Nc1cccc(C(=O)Nc2ccc(NCCCN3CCCCC3)cc2)c1. The van der Waals surface area contributed by atoms with E-state index in [-0.39, 0.29) is 11.8 Å². The minimum Gasteiger partial charge on any atom is -0.385 e. The Balaban J connectivity index is 0.918. The van der Waals surface area contributed by atoms with Gasteiger partial charge in [0, 0.05) is 58.3 Å². The lowest BCUT2D eigenvalue weighted by Crippen LogP contribution is -2.31. The molecule has 4 aromatic carbocycles. The van der Waals surface area contributed by atoms with Gasteiger partial charge < -0.3 is 41.7 Å². The van der Waals surface area contributed by atoms with E-state index in [0.29, 0.717) is 33.9 Å². The van der Waals surface area contributed by atoms with Gasteiger partial charge in [-0.3, -0.25) is 9.59 Å². The van der Waals surface area contributed by atoms with Crippen LogP contribution in [0.15, 0.2) is 97.1 Å². The maximum atomic E-state index is 13.0. The number of anilines is 6. The van der Waals surface area contributed by atoms with E-state index in [1.54, 1.807) is 48.5 Å². The molecule has 0 atom stereocenters. The number of carbonyl (C=O) groups excluding carboxylic acids is 3. The summed E-state index contributed by atoms with van der Waals surface area (Å²) in [6.45, 7) is 8.91. The minimum absolute atomic E-state index is 0.283. The maximum Gasteiger partial charge on any atom is 0.323 e. The molecule has 0 aliphatic carbocycles. The summed E-state index contributed by atoms with van der Waals surface area (Å²) < 4.78 is 0. The molecule has 0 radical (unpaired) electrons. The molecular formula is C43H54N8O3. The van der Waals surface area contributed by atoms with E-state index in [1.807, 2.05) is 48.5 Å². The fraction of sp³-hybridized carbons (Fsp3) is 0.372. The molecule has 0 spiro atoms. The Bertz CT molecular complexity index is 1670. The Morgan fingerprint density at radius 2 is 0.833 bits per heavy atom. The molecule has 2 fully saturated rings. The summed E-state index contributed by atoms with van der Waals surface area (Å²) in [5, 5.41) is 18.3. The second-order valence-corrected chi connectivity index (χ2v) is 14.2. The van der Waals surface area contributed by atoms with Gasteiger partial charge in [-0.2, -0.15) is 0 Å². The number of hydrogen-bond donors (Lipinski definition) is 6. The molecule has 4 aromatic rings. The van der Waals surface area contributed by atoms with Gasteiger partial charge in [-0.1, -0.05) is 25.0 Å². The van der Waals surface area contributed by atoms with E-state index in [2.05, 4.69) is 41.7 Å². The summed E-state index contributed by atoms with van der Waals surface area (Å²) in [5.74, 6) is -0.566. The maximum absolute atomic E-state index is 13.0. The molecule has 54 heavy (non-hydrogen) atoms. The fourth-order valence-corrected chi connectivity index (χ4v) is 6.96. The van der Waals surface area contributed by atoms with Crippen LogP contribution in [0.3, 0.4) is 0 Å². The smallest absolute Gasteiger partial charge is 0.323 e. The molecule has 6 rings (SSSR count). The van der Waals surface area contributed by atoms with Gasteiger partial charge in [-0.15, -0.1) is 0 Å². The number of nitrogens with zero attached hydrogens (tertiary/aromatic N) is 2. The summed E-state index contributed by atoms with van der Waals surface area (Å²) in [6, 6.07) is 28.3. The Morgan fingerprint density at radius 1 is 0.444 bits per heavy atom. The highest BCUT2D eigenvalue weighted by Crippen LogP contribution is 2.20. The van der Waals surface area contributed by atoms with E-state index >= 15 is 0 Å². The molecule has 4 amide bonds. The number of carbonyl (C=O) groups is 3. The molecule has 2 aliphatic heterocycles. The predicted octanol–water partition coefficient (Wildman–Crippen LogP) is 8.41. The van der Waals surface area contributed by atoms with Crippen molar-refractivity contribution in [2.75, 3.05) is 84.3 Å². The van der Waals surface area contributed by atoms with Gasteiger partial charge in [0.25, 0.3) is 11.8 Å². The highest BCUT2D eigenvalue weighted by molar-refractivity contribution is 6.07. The fourth-order valence-electron chi connectivity index (χ4n) is 6.96. The molecule has 6 N–H and O–H groups in total. The normalized spacial score (nSPS) is 14.8. The van der Waals surface area contributed by atoms with Crippen LogP contribution >= 0.6 is 0 Å². The third-order valence-corrected chi connectivity index (χ3v) is 9.91. The second-order valence-electron chi connectivity index (χ2n) is 14.2. The van der Waals surface area contributed by atoms with Crippen molar-refractivity contribution in [2.45, 2.75) is 51.4 Å². The van der Waals surface area contributed by atoms with Crippen LogP contribution in [0, 0.1) is 0 Å². The van der Waals surface area contributed by atoms with Crippen molar-refractivity contribution in [2.24, 2.45) is 0 Å².